The third-order valence-electron chi connectivity index (χ3n) is 4.28. The maximum atomic E-state index is 12.2. The molecule has 0 atom stereocenters. The number of halogens is 4. The second kappa shape index (κ2) is 12.2. The molecule has 0 amide bonds. The summed E-state index contributed by atoms with van der Waals surface area (Å²) in [5.41, 5.74) is 0. The van der Waals surface area contributed by atoms with Crippen LogP contribution >= 0.6 is 24.0 Å². The molecule has 0 radical (unpaired) electrons. The molecule has 0 unspecified atom stereocenters. The Kier molecular flexibility index (Phi) is 12.0. The Balaban J connectivity index is 0.00000576. The largest absolute Gasteiger partial charge is 0.401 e. The van der Waals surface area contributed by atoms with Gasteiger partial charge in [-0.05, 0) is 46.7 Å². The number of rotatable bonds is 7. The van der Waals surface area contributed by atoms with E-state index in [1.165, 1.54) is 11.9 Å². The van der Waals surface area contributed by atoms with E-state index in [2.05, 4.69) is 34.4 Å². The van der Waals surface area contributed by atoms with Crippen LogP contribution in [0.25, 0.3) is 0 Å². The third kappa shape index (κ3) is 11.1. The van der Waals surface area contributed by atoms with E-state index in [1.807, 2.05) is 0 Å². The Morgan fingerprint density at radius 2 is 1.88 bits per heavy atom. The maximum absolute atomic E-state index is 12.2. The van der Waals surface area contributed by atoms with Crippen LogP contribution in [0.5, 0.6) is 0 Å². The summed E-state index contributed by atoms with van der Waals surface area (Å²) in [4.78, 5) is 7.95. The minimum atomic E-state index is -4.13. The molecule has 1 aliphatic heterocycles. The zero-order valence-corrected chi connectivity index (χ0v) is 18.0. The number of likely N-dealkylation sites (tertiary alicyclic amines) is 1. The lowest BCUT2D eigenvalue weighted by Crippen LogP contribution is -2.50. The highest BCUT2D eigenvalue weighted by Gasteiger charge is 2.28. The van der Waals surface area contributed by atoms with Crippen LogP contribution in [0.1, 0.15) is 33.1 Å². The van der Waals surface area contributed by atoms with Crippen LogP contribution in [0, 0.1) is 0 Å². The molecule has 1 rings (SSSR count). The van der Waals surface area contributed by atoms with Crippen molar-refractivity contribution in [2.45, 2.75) is 51.4 Å². The first-order valence-corrected chi connectivity index (χ1v) is 8.68. The van der Waals surface area contributed by atoms with Gasteiger partial charge in [-0.15, -0.1) is 24.0 Å². The molecule has 5 nitrogen and oxygen atoms in total. The molecule has 0 aromatic rings. The van der Waals surface area contributed by atoms with Crippen molar-refractivity contribution in [2.75, 3.05) is 46.8 Å². The summed E-state index contributed by atoms with van der Waals surface area (Å²) >= 11 is 0. The van der Waals surface area contributed by atoms with Gasteiger partial charge in [-0.1, -0.05) is 0 Å². The second-order valence-corrected chi connectivity index (χ2v) is 6.75. The normalized spacial score (nSPS) is 17.7. The molecule has 0 aliphatic carbocycles. The van der Waals surface area contributed by atoms with Gasteiger partial charge in [0, 0.05) is 38.8 Å². The van der Waals surface area contributed by atoms with Gasteiger partial charge in [0.15, 0.2) is 5.96 Å². The SMILES string of the molecule is CN=C(NCCCN(C)CC(F)(F)F)NC1CCN(C(C)C)CC1.I. The van der Waals surface area contributed by atoms with Crippen LogP contribution in [-0.4, -0.2) is 80.8 Å². The van der Waals surface area contributed by atoms with Crippen LogP contribution in [0.2, 0.25) is 0 Å². The predicted octanol–water partition coefficient (Wildman–Crippen LogP) is 2.53. The summed E-state index contributed by atoms with van der Waals surface area (Å²) < 4.78 is 36.7. The van der Waals surface area contributed by atoms with Crippen molar-refractivity contribution >= 4 is 29.9 Å². The van der Waals surface area contributed by atoms with Crippen molar-refractivity contribution < 1.29 is 13.2 Å². The first-order chi connectivity index (χ1) is 11.2. The molecule has 0 aromatic carbocycles. The summed E-state index contributed by atoms with van der Waals surface area (Å²) in [6.45, 7) is 6.72. The van der Waals surface area contributed by atoms with E-state index >= 15 is 0 Å². The third-order valence-corrected chi connectivity index (χ3v) is 4.28. The minimum Gasteiger partial charge on any atom is -0.356 e. The van der Waals surface area contributed by atoms with Gasteiger partial charge >= 0.3 is 6.18 Å². The first-order valence-electron chi connectivity index (χ1n) is 8.68. The fourth-order valence-electron chi connectivity index (χ4n) is 2.89. The molecule has 0 saturated carbocycles. The van der Waals surface area contributed by atoms with Crippen LogP contribution in [-0.2, 0) is 0 Å². The number of alkyl halides is 3. The number of hydrogen-bond donors (Lipinski definition) is 2. The molecule has 0 spiro atoms. The average Bonchev–Trinajstić information content (AvgIpc) is 2.49. The van der Waals surface area contributed by atoms with Gasteiger partial charge in [-0.2, -0.15) is 13.2 Å². The van der Waals surface area contributed by atoms with Gasteiger partial charge in [0.1, 0.15) is 0 Å². The molecule has 2 N–H and O–H groups in total. The zero-order valence-electron chi connectivity index (χ0n) is 15.7. The van der Waals surface area contributed by atoms with Crippen molar-refractivity contribution in [1.29, 1.82) is 0 Å². The molecule has 1 heterocycles. The Morgan fingerprint density at radius 1 is 1.28 bits per heavy atom. The molecular formula is C16H33F3IN5. The molecule has 25 heavy (non-hydrogen) atoms. The van der Waals surface area contributed by atoms with E-state index in [0.29, 0.717) is 31.6 Å². The fourth-order valence-corrected chi connectivity index (χ4v) is 2.89. The summed E-state index contributed by atoms with van der Waals surface area (Å²) in [6.07, 6.45) is -1.34. The molecule has 0 aromatic heterocycles. The van der Waals surface area contributed by atoms with E-state index in [9.17, 15) is 13.2 Å². The molecule has 0 bridgehead atoms. The van der Waals surface area contributed by atoms with Gasteiger partial charge < -0.3 is 15.5 Å². The standard InChI is InChI=1S/C16H32F3N5.HI/c1-13(2)24-10-6-14(7-11-24)22-15(20-3)21-8-5-9-23(4)12-16(17,18)19;/h13-14H,5-12H2,1-4H3,(H2,20,21,22);1H. The molecular weight excluding hydrogens is 446 g/mol. The second-order valence-electron chi connectivity index (χ2n) is 6.75. The summed E-state index contributed by atoms with van der Waals surface area (Å²) in [7, 11) is 3.21. The fraction of sp³-hybridized carbons (Fsp3) is 0.938. The van der Waals surface area contributed by atoms with Crippen LogP contribution < -0.4 is 10.6 Å². The number of guanidine groups is 1. The Morgan fingerprint density at radius 3 is 2.36 bits per heavy atom. The van der Waals surface area contributed by atoms with Gasteiger partial charge in [0.25, 0.3) is 0 Å². The van der Waals surface area contributed by atoms with Crippen LogP contribution in [0.15, 0.2) is 4.99 Å². The molecule has 1 saturated heterocycles. The van der Waals surface area contributed by atoms with E-state index < -0.39 is 12.7 Å². The summed E-state index contributed by atoms with van der Waals surface area (Å²) in [6, 6.07) is 0.983. The molecule has 1 aliphatic rings. The van der Waals surface area contributed by atoms with Crippen molar-refractivity contribution in [3.63, 3.8) is 0 Å². The molecule has 1 fully saturated rings. The molecule has 9 heteroatoms. The quantitative estimate of drug-likeness (QED) is 0.255. The van der Waals surface area contributed by atoms with Gasteiger partial charge in [-0.25, -0.2) is 0 Å². The lowest BCUT2D eigenvalue weighted by Gasteiger charge is -2.35. The topological polar surface area (TPSA) is 42.9 Å². The predicted molar refractivity (Wildman–Crippen MR) is 108 cm³/mol. The summed E-state index contributed by atoms with van der Waals surface area (Å²) in [5.74, 6) is 0.733. The minimum absolute atomic E-state index is 0. The average molecular weight is 479 g/mol. The van der Waals surface area contributed by atoms with E-state index in [4.69, 9.17) is 0 Å². The Labute approximate surface area is 166 Å². The van der Waals surface area contributed by atoms with E-state index in [-0.39, 0.29) is 24.0 Å². The summed E-state index contributed by atoms with van der Waals surface area (Å²) in [5, 5.41) is 6.60. The number of aliphatic imine (C=N–C) groups is 1. The lowest BCUT2D eigenvalue weighted by molar-refractivity contribution is -0.143. The van der Waals surface area contributed by atoms with E-state index in [1.54, 1.807) is 7.05 Å². The van der Waals surface area contributed by atoms with Crippen molar-refractivity contribution in [3.05, 3.63) is 0 Å². The Bertz CT molecular complexity index is 382. The highest BCUT2D eigenvalue weighted by molar-refractivity contribution is 14.0. The monoisotopic (exact) mass is 479 g/mol. The van der Waals surface area contributed by atoms with Crippen molar-refractivity contribution in [1.82, 2.24) is 20.4 Å². The zero-order chi connectivity index (χ0) is 18.2. The number of piperidine rings is 1. The number of hydrogen-bond acceptors (Lipinski definition) is 3. The van der Waals surface area contributed by atoms with Crippen molar-refractivity contribution in [2.24, 2.45) is 4.99 Å². The molecule has 150 valence electrons. The smallest absolute Gasteiger partial charge is 0.356 e. The van der Waals surface area contributed by atoms with E-state index in [0.717, 1.165) is 31.9 Å². The number of nitrogens with one attached hydrogen (secondary N) is 2. The van der Waals surface area contributed by atoms with Gasteiger partial charge in [0.05, 0.1) is 6.54 Å². The van der Waals surface area contributed by atoms with Crippen LogP contribution in [0.4, 0.5) is 13.2 Å². The highest BCUT2D eigenvalue weighted by atomic mass is 127. The highest BCUT2D eigenvalue weighted by Crippen LogP contribution is 2.15. The van der Waals surface area contributed by atoms with Crippen molar-refractivity contribution in [3.8, 4) is 0 Å². The van der Waals surface area contributed by atoms with Crippen LogP contribution in [0.3, 0.4) is 0 Å². The number of nitrogens with zero attached hydrogens (tertiary/aromatic N) is 3. The maximum Gasteiger partial charge on any atom is 0.401 e. The lowest BCUT2D eigenvalue weighted by atomic mass is 10.0. The Hall–Kier alpha value is -0.290. The van der Waals surface area contributed by atoms with Gasteiger partial charge in [0.2, 0.25) is 0 Å². The van der Waals surface area contributed by atoms with Gasteiger partial charge in [-0.3, -0.25) is 9.89 Å². The first kappa shape index (κ1) is 24.7.